The Labute approximate surface area is 180 Å². The SMILES string of the molecule is COc1cccc(NC(=O)COC(=O)c2ccc(N3CCCCCC3)c([N+](=O)[O-])c2)c1. The summed E-state index contributed by atoms with van der Waals surface area (Å²) in [7, 11) is 1.51. The number of carbonyl (C=O) groups excluding carboxylic acids is 2. The topological polar surface area (TPSA) is 111 Å². The fourth-order valence-corrected chi connectivity index (χ4v) is 3.49. The third kappa shape index (κ3) is 5.94. The average molecular weight is 427 g/mol. The number of esters is 1. The van der Waals surface area contributed by atoms with Crippen LogP contribution in [0.5, 0.6) is 5.75 Å². The van der Waals surface area contributed by atoms with Crippen LogP contribution in [-0.4, -0.2) is 43.6 Å². The molecule has 1 N–H and O–H groups in total. The molecule has 164 valence electrons. The molecule has 9 heteroatoms. The number of nitro benzene ring substituents is 1. The zero-order valence-electron chi connectivity index (χ0n) is 17.3. The zero-order valence-corrected chi connectivity index (χ0v) is 17.3. The van der Waals surface area contributed by atoms with E-state index in [2.05, 4.69) is 5.32 Å². The molecule has 1 amide bonds. The molecular formula is C22H25N3O6. The Balaban J connectivity index is 1.64. The number of nitrogens with zero attached hydrogens (tertiary/aromatic N) is 2. The lowest BCUT2D eigenvalue weighted by atomic mass is 10.1. The van der Waals surface area contributed by atoms with Gasteiger partial charge < -0.3 is 19.7 Å². The fourth-order valence-electron chi connectivity index (χ4n) is 3.49. The summed E-state index contributed by atoms with van der Waals surface area (Å²) >= 11 is 0. The number of amides is 1. The minimum Gasteiger partial charge on any atom is -0.497 e. The van der Waals surface area contributed by atoms with Gasteiger partial charge in [-0.05, 0) is 37.1 Å². The number of benzene rings is 2. The summed E-state index contributed by atoms with van der Waals surface area (Å²) in [5.41, 5.74) is 0.883. The van der Waals surface area contributed by atoms with E-state index in [1.807, 2.05) is 4.90 Å². The van der Waals surface area contributed by atoms with Crippen molar-refractivity contribution in [3.05, 3.63) is 58.1 Å². The van der Waals surface area contributed by atoms with Gasteiger partial charge in [-0.3, -0.25) is 14.9 Å². The quantitative estimate of drug-likeness (QED) is 0.407. The van der Waals surface area contributed by atoms with Gasteiger partial charge in [-0.25, -0.2) is 4.79 Å². The minimum absolute atomic E-state index is 0.0273. The highest BCUT2D eigenvalue weighted by atomic mass is 16.6. The van der Waals surface area contributed by atoms with E-state index in [0.717, 1.165) is 38.8 Å². The first kappa shape index (κ1) is 22.1. The predicted molar refractivity (Wildman–Crippen MR) is 116 cm³/mol. The maximum Gasteiger partial charge on any atom is 0.338 e. The Morgan fingerprint density at radius 2 is 1.84 bits per heavy atom. The number of hydrogen-bond acceptors (Lipinski definition) is 7. The second kappa shape index (κ2) is 10.4. The van der Waals surface area contributed by atoms with Gasteiger partial charge in [0.2, 0.25) is 0 Å². The summed E-state index contributed by atoms with van der Waals surface area (Å²) in [6.07, 6.45) is 4.16. The predicted octanol–water partition coefficient (Wildman–Crippen LogP) is 3.78. The summed E-state index contributed by atoms with van der Waals surface area (Å²) in [4.78, 5) is 37.5. The summed E-state index contributed by atoms with van der Waals surface area (Å²) in [5.74, 6) is -0.754. The van der Waals surface area contributed by atoms with Crippen LogP contribution in [-0.2, 0) is 9.53 Å². The van der Waals surface area contributed by atoms with Crippen LogP contribution in [0.2, 0.25) is 0 Å². The molecule has 0 unspecified atom stereocenters. The number of carbonyl (C=O) groups is 2. The number of methoxy groups -OCH3 is 1. The monoisotopic (exact) mass is 427 g/mol. The normalized spacial score (nSPS) is 13.8. The van der Waals surface area contributed by atoms with E-state index in [-0.39, 0.29) is 11.3 Å². The van der Waals surface area contributed by atoms with Crippen molar-refractivity contribution in [2.24, 2.45) is 0 Å². The molecule has 1 aliphatic heterocycles. The zero-order chi connectivity index (χ0) is 22.2. The number of anilines is 2. The lowest BCUT2D eigenvalue weighted by molar-refractivity contribution is -0.384. The van der Waals surface area contributed by atoms with Gasteiger partial charge in [0.1, 0.15) is 11.4 Å². The molecule has 1 heterocycles. The number of nitro groups is 1. The van der Waals surface area contributed by atoms with Gasteiger partial charge >= 0.3 is 5.97 Å². The highest BCUT2D eigenvalue weighted by molar-refractivity contribution is 5.96. The molecule has 3 rings (SSSR count). The van der Waals surface area contributed by atoms with Crippen molar-refractivity contribution in [3.8, 4) is 5.75 Å². The Kier molecular flexibility index (Phi) is 7.42. The standard InChI is InChI=1S/C22H25N3O6/c1-30-18-8-6-7-17(14-18)23-21(26)15-31-22(27)16-9-10-19(20(13-16)25(28)29)24-11-4-2-3-5-12-24/h6-10,13-14H,2-5,11-12,15H2,1H3,(H,23,26). The smallest absolute Gasteiger partial charge is 0.338 e. The van der Waals surface area contributed by atoms with Crippen LogP contribution < -0.4 is 15.0 Å². The van der Waals surface area contributed by atoms with Crippen molar-refractivity contribution >= 4 is 28.9 Å². The molecule has 0 aliphatic carbocycles. The molecule has 0 atom stereocenters. The summed E-state index contributed by atoms with van der Waals surface area (Å²) in [6, 6.07) is 11.0. The lowest BCUT2D eigenvalue weighted by Gasteiger charge is -2.22. The Bertz CT molecular complexity index is 954. The van der Waals surface area contributed by atoms with Crippen molar-refractivity contribution in [1.82, 2.24) is 0 Å². The van der Waals surface area contributed by atoms with E-state index >= 15 is 0 Å². The van der Waals surface area contributed by atoms with Gasteiger partial charge in [0, 0.05) is 30.9 Å². The Morgan fingerprint density at radius 3 is 2.52 bits per heavy atom. The van der Waals surface area contributed by atoms with Crippen LogP contribution in [0.4, 0.5) is 17.1 Å². The van der Waals surface area contributed by atoms with Gasteiger partial charge in [-0.1, -0.05) is 18.9 Å². The Morgan fingerprint density at radius 1 is 1.10 bits per heavy atom. The Hall–Kier alpha value is -3.62. The highest BCUT2D eigenvalue weighted by Crippen LogP contribution is 2.31. The van der Waals surface area contributed by atoms with Crippen LogP contribution in [0.25, 0.3) is 0 Å². The second-order valence-electron chi connectivity index (χ2n) is 7.22. The molecule has 9 nitrogen and oxygen atoms in total. The maximum absolute atomic E-state index is 12.4. The molecule has 0 aromatic heterocycles. The van der Waals surface area contributed by atoms with Crippen LogP contribution in [0.15, 0.2) is 42.5 Å². The molecule has 0 saturated carbocycles. The van der Waals surface area contributed by atoms with Crippen LogP contribution in [0.3, 0.4) is 0 Å². The first-order valence-electron chi connectivity index (χ1n) is 10.1. The molecule has 1 saturated heterocycles. The minimum atomic E-state index is -0.800. The molecule has 1 fully saturated rings. The molecule has 31 heavy (non-hydrogen) atoms. The van der Waals surface area contributed by atoms with Gasteiger partial charge in [0.15, 0.2) is 6.61 Å². The summed E-state index contributed by atoms with van der Waals surface area (Å²) in [5, 5.41) is 14.2. The third-order valence-electron chi connectivity index (χ3n) is 5.04. The number of nitrogens with one attached hydrogen (secondary N) is 1. The number of rotatable bonds is 7. The van der Waals surface area contributed by atoms with Gasteiger partial charge in [0.05, 0.1) is 17.6 Å². The van der Waals surface area contributed by atoms with Crippen LogP contribution in [0, 0.1) is 10.1 Å². The van der Waals surface area contributed by atoms with E-state index in [1.54, 1.807) is 30.3 Å². The summed E-state index contributed by atoms with van der Waals surface area (Å²) < 4.78 is 10.1. The van der Waals surface area contributed by atoms with Crippen LogP contribution >= 0.6 is 0 Å². The first-order valence-corrected chi connectivity index (χ1v) is 10.1. The van der Waals surface area contributed by atoms with E-state index in [1.165, 1.54) is 19.2 Å². The fraction of sp³-hybridized carbons (Fsp3) is 0.364. The average Bonchev–Trinajstić information content (AvgIpc) is 3.06. The molecule has 0 spiro atoms. The molecule has 1 aliphatic rings. The summed E-state index contributed by atoms with van der Waals surface area (Å²) in [6.45, 7) is 0.974. The molecule has 2 aromatic rings. The van der Waals surface area contributed by atoms with Crippen molar-refractivity contribution in [1.29, 1.82) is 0 Å². The lowest BCUT2D eigenvalue weighted by Crippen LogP contribution is -2.25. The van der Waals surface area contributed by atoms with E-state index in [4.69, 9.17) is 9.47 Å². The largest absolute Gasteiger partial charge is 0.497 e. The van der Waals surface area contributed by atoms with E-state index in [0.29, 0.717) is 17.1 Å². The highest BCUT2D eigenvalue weighted by Gasteiger charge is 2.23. The van der Waals surface area contributed by atoms with Crippen LogP contribution in [0.1, 0.15) is 36.0 Å². The number of hydrogen-bond donors (Lipinski definition) is 1. The van der Waals surface area contributed by atoms with Gasteiger partial charge in [-0.15, -0.1) is 0 Å². The van der Waals surface area contributed by atoms with Gasteiger partial charge in [-0.2, -0.15) is 0 Å². The molecule has 0 radical (unpaired) electrons. The first-order chi connectivity index (χ1) is 15.0. The van der Waals surface area contributed by atoms with Crippen molar-refractivity contribution < 1.29 is 24.0 Å². The van der Waals surface area contributed by atoms with E-state index in [9.17, 15) is 19.7 Å². The van der Waals surface area contributed by atoms with Crippen molar-refractivity contribution in [2.75, 3.05) is 37.0 Å². The molecular weight excluding hydrogens is 402 g/mol. The maximum atomic E-state index is 12.4. The van der Waals surface area contributed by atoms with Crippen molar-refractivity contribution in [2.45, 2.75) is 25.7 Å². The van der Waals surface area contributed by atoms with Gasteiger partial charge in [0.25, 0.3) is 11.6 Å². The molecule has 0 bridgehead atoms. The number of ether oxygens (including phenoxy) is 2. The van der Waals surface area contributed by atoms with E-state index < -0.39 is 23.4 Å². The van der Waals surface area contributed by atoms with Crippen molar-refractivity contribution in [3.63, 3.8) is 0 Å². The second-order valence-corrected chi connectivity index (χ2v) is 7.22. The molecule has 2 aromatic carbocycles. The third-order valence-corrected chi connectivity index (χ3v) is 5.04.